The summed E-state index contributed by atoms with van der Waals surface area (Å²) in [5.74, 6) is 2.30. The molecule has 0 bridgehead atoms. The Bertz CT molecular complexity index is 195. The molecule has 0 saturated heterocycles. The van der Waals surface area contributed by atoms with E-state index in [1.165, 1.54) is 12.8 Å². The summed E-state index contributed by atoms with van der Waals surface area (Å²) in [6.07, 6.45) is 3.17. The average molecular weight is 230 g/mol. The zero-order chi connectivity index (χ0) is 11.1. The van der Waals surface area contributed by atoms with E-state index in [1.54, 1.807) is 0 Å². The van der Waals surface area contributed by atoms with Crippen molar-refractivity contribution in [2.24, 2.45) is 0 Å². The first kappa shape index (κ1) is 12.8. The van der Waals surface area contributed by atoms with Crippen LogP contribution in [0, 0.1) is 0 Å². The smallest absolute Gasteiger partial charge is 0.221 e. The third-order valence-corrected chi connectivity index (χ3v) is 3.49. The molecule has 1 aliphatic carbocycles. The molecular weight excluding hydrogens is 208 g/mol. The zero-order valence-electron chi connectivity index (χ0n) is 9.71. The van der Waals surface area contributed by atoms with Crippen LogP contribution in [-0.4, -0.2) is 36.0 Å². The van der Waals surface area contributed by atoms with Gasteiger partial charge in [-0.25, -0.2) is 0 Å². The zero-order valence-corrected chi connectivity index (χ0v) is 10.5. The molecule has 1 rings (SSSR count). The third-order valence-electron chi connectivity index (χ3n) is 2.34. The summed E-state index contributed by atoms with van der Waals surface area (Å²) in [6.45, 7) is 5.03. The van der Waals surface area contributed by atoms with Crippen LogP contribution in [0.25, 0.3) is 0 Å². The van der Waals surface area contributed by atoms with E-state index in [-0.39, 0.29) is 5.91 Å². The van der Waals surface area contributed by atoms with Crippen LogP contribution in [0.5, 0.6) is 0 Å². The highest BCUT2D eigenvalue weighted by Gasteiger charge is 2.20. The first-order valence-corrected chi connectivity index (χ1v) is 6.98. The molecule has 1 saturated carbocycles. The number of carbonyl (C=O) groups is 1. The summed E-state index contributed by atoms with van der Waals surface area (Å²) >= 11 is 1.87. The monoisotopic (exact) mass is 230 g/mol. The molecule has 0 aromatic heterocycles. The number of hydrogen-bond donors (Lipinski definition) is 2. The topological polar surface area (TPSA) is 41.1 Å². The van der Waals surface area contributed by atoms with Crippen LogP contribution >= 0.6 is 11.8 Å². The van der Waals surface area contributed by atoms with E-state index < -0.39 is 0 Å². The van der Waals surface area contributed by atoms with Gasteiger partial charge in [-0.3, -0.25) is 4.79 Å². The summed E-state index contributed by atoms with van der Waals surface area (Å²) in [5.41, 5.74) is 0. The molecule has 1 atom stereocenters. The van der Waals surface area contributed by atoms with E-state index in [9.17, 15) is 4.79 Å². The predicted molar refractivity (Wildman–Crippen MR) is 66.2 cm³/mol. The van der Waals surface area contributed by atoms with Crippen molar-refractivity contribution in [2.45, 2.75) is 45.2 Å². The number of amides is 1. The van der Waals surface area contributed by atoms with Crippen molar-refractivity contribution in [1.29, 1.82) is 0 Å². The van der Waals surface area contributed by atoms with Gasteiger partial charge in [-0.05, 0) is 25.5 Å². The van der Waals surface area contributed by atoms with Gasteiger partial charge in [-0.1, -0.05) is 6.92 Å². The van der Waals surface area contributed by atoms with Gasteiger partial charge in [-0.2, -0.15) is 11.8 Å². The third kappa shape index (κ3) is 6.79. The molecule has 88 valence electrons. The van der Waals surface area contributed by atoms with Gasteiger partial charge in [0.1, 0.15) is 0 Å². The van der Waals surface area contributed by atoms with E-state index in [4.69, 9.17) is 0 Å². The highest BCUT2D eigenvalue weighted by molar-refractivity contribution is 7.99. The highest BCUT2D eigenvalue weighted by Crippen LogP contribution is 2.18. The lowest BCUT2D eigenvalue weighted by molar-refractivity contribution is -0.121. The van der Waals surface area contributed by atoms with E-state index in [0.29, 0.717) is 18.5 Å². The lowest BCUT2D eigenvalue weighted by Gasteiger charge is -2.13. The minimum absolute atomic E-state index is 0.173. The molecule has 0 radical (unpaired) electrons. The van der Waals surface area contributed by atoms with E-state index in [2.05, 4.69) is 24.5 Å². The van der Waals surface area contributed by atoms with Crippen LogP contribution in [0.4, 0.5) is 0 Å². The second kappa shape index (κ2) is 7.12. The standard InChI is InChI=1S/C11H22N2OS/c1-3-15-8-9(2)13-11(14)6-7-12-10-4-5-10/h9-10,12H,3-8H2,1-2H3,(H,13,14). The summed E-state index contributed by atoms with van der Waals surface area (Å²) < 4.78 is 0. The molecule has 0 aromatic carbocycles. The summed E-state index contributed by atoms with van der Waals surface area (Å²) in [7, 11) is 0. The van der Waals surface area contributed by atoms with Gasteiger partial charge in [-0.15, -0.1) is 0 Å². The molecule has 1 aliphatic rings. The normalized spacial score (nSPS) is 17.5. The van der Waals surface area contributed by atoms with Crippen molar-refractivity contribution in [3.8, 4) is 0 Å². The second-order valence-corrected chi connectivity index (χ2v) is 5.43. The Balaban J connectivity index is 1.95. The van der Waals surface area contributed by atoms with Crippen molar-refractivity contribution < 1.29 is 4.79 Å². The maximum Gasteiger partial charge on any atom is 0.221 e. The van der Waals surface area contributed by atoms with Crippen molar-refractivity contribution in [2.75, 3.05) is 18.1 Å². The van der Waals surface area contributed by atoms with Gasteiger partial charge >= 0.3 is 0 Å². The van der Waals surface area contributed by atoms with Gasteiger partial charge in [0.25, 0.3) is 0 Å². The maximum atomic E-state index is 11.5. The van der Waals surface area contributed by atoms with E-state index >= 15 is 0 Å². The van der Waals surface area contributed by atoms with Crippen molar-refractivity contribution in [1.82, 2.24) is 10.6 Å². The van der Waals surface area contributed by atoms with Gasteiger partial charge in [0.15, 0.2) is 0 Å². The number of thioether (sulfide) groups is 1. The molecule has 2 N–H and O–H groups in total. The number of rotatable bonds is 8. The first-order chi connectivity index (χ1) is 7.22. The first-order valence-electron chi connectivity index (χ1n) is 5.83. The largest absolute Gasteiger partial charge is 0.353 e. The molecule has 1 amide bonds. The second-order valence-electron chi connectivity index (χ2n) is 4.11. The van der Waals surface area contributed by atoms with Crippen molar-refractivity contribution >= 4 is 17.7 Å². The summed E-state index contributed by atoms with van der Waals surface area (Å²) in [6, 6.07) is 0.995. The van der Waals surface area contributed by atoms with Gasteiger partial charge in [0.2, 0.25) is 5.91 Å². The Morgan fingerprint density at radius 1 is 1.53 bits per heavy atom. The molecule has 3 nitrogen and oxygen atoms in total. The fourth-order valence-corrected chi connectivity index (χ4v) is 2.03. The Morgan fingerprint density at radius 2 is 2.27 bits per heavy atom. The molecule has 4 heteroatoms. The lowest BCUT2D eigenvalue weighted by atomic mass is 10.3. The minimum Gasteiger partial charge on any atom is -0.353 e. The summed E-state index contributed by atoms with van der Waals surface area (Å²) in [5, 5.41) is 6.35. The lowest BCUT2D eigenvalue weighted by Crippen LogP contribution is -2.36. The van der Waals surface area contributed by atoms with Crippen molar-refractivity contribution in [3.05, 3.63) is 0 Å². The molecule has 0 aliphatic heterocycles. The van der Waals surface area contributed by atoms with Gasteiger partial charge in [0, 0.05) is 30.8 Å². The SMILES string of the molecule is CCSCC(C)NC(=O)CCNC1CC1. The van der Waals surface area contributed by atoms with E-state index in [0.717, 1.165) is 18.1 Å². The molecule has 1 fully saturated rings. The predicted octanol–water partition coefficient (Wildman–Crippen LogP) is 1.39. The van der Waals surface area contributed by atoms with Crippen LogP contribution in [0.2, 0.25) is 0 Å². The van der Waals surface area contributed by atoms with E-state index in [1.807, 2.05) is 11.8 Å². The Hall–Kier alpha value is -0.220. The highest BCUT2D eigenvalue weighted by atomic mass is 32.2. The van der Waals surface area contributed by atoms with Crippen LogP contribution in [0.3, 0.4) is 0 Å². The molecule has 0 heterocycles. The molecule has 1 unspecified atom stereocenters. The Morgan fingerprint density at radius 3 is 2.87 bits per heavy atom. The van der Waals surface area contributed by atoms with Gasteiger partial charge < -0.3 is 10.6 Å². The number of hydrogen-bond acceptors (Lipinski definition) is 3. The van der Waals surface area contributed by atoms with Crippen LogP contribution in [0.15, 0.2) is 0 Å². The molecule has 0 aromatic rings. The Kier molecular flexibility index (Phi) is 6.10. The minimum atomic E-state index is 0.173. The van der Waals surface area contributed by atoms with Crippen LogP contribution < -0.4 is 10.6 Å². The quantitative estimate of drug-likeness (QED) is 0.662. The Labute approximate surface area is 96.8 Å². The fourth-order valence-electron chi connectivity index (χ4n) is 1.36. The number of carbonyl (C=O) groups excluding carboxylic acids is 1. The molecular formula is C11H22N2OS. The van der Waals surface area contributed by atoms with Crippen molar-refractivity contribution in [3.63, 3.8) is 0 Å². The maximum absolute atomic E-state index is 11.5. The van der Waals surface area contributed by atoms with Gasteiger partial charge in [0.05, 0.1) is 0 Å². The molecule has 0 spiro atoms. The molecule has 15 heavy (non-hydrogen) atoms. The van der Waals surface area contributed by atoms with Crippen LogP contribution in [-0.2, 0) is 4.79 Å². The summed E-state index contributed by atoms with van der Waals surface area (Å²) in [4.78, 5) is 11.5. The van der Waals surface area contributed by atoms with Crippen LogP contribution in [0.1, 0.15) is 33.1 Å². The number of nitrogens with one attached hydrogen (secondary N) is 2. The fraction of sp³-hybridized carbons (Fsp3) is 0.909. The average Bonchev–Trinajstić information content (AvgIpc) is 2.98.